The number of hydrogen-bond donors (Lipinski definition) is 12. The number of nitrogen functional groups attached to an aromatic ring is 6. The van der Waals surface area contributed by atoms with Gasteiger partial charge < -0.3 is 133 Å². The van der Waals surface area contributed by atoms with Crippen LogP contribution >= 0.6 is 0 Å². The number of unbranched alkanes of at least 4 members (excludes halogenated alkanes) is 1. The molecule has 0 aliphatic rings. The maximum Gasteiger partial charge on any atom is 0.268 e. The molecule has 31 heteroatoms. The van der Waals surface area contributed by atoms with Crippen LogP contribution in [0.3, 0.4) is 0 Å². The number of aryl methyl sites for hydroxylation is 1. The summed E-state index contributed by atoms with van der Waals surface area (Å²) in [4.78, 5) is 0. The number of nitrogens with one attached hydrogen (secondary N) is 5. The number of aliphatic hydroxyl groups excluding tert-OH is 1. The number of pyridine rings is 6. The van der Waals surface area contributed by atoms with Crippen LogP contribution in [0.2, 0.25) is 0 Å². The number of likely N-dealkylation sites (N-methyl/N-ethyl adjacent to an activating group) is 3. The Morgan fingerprint density at radius 1 is 0.336 bits per heavy atom. The number of rotatable bonds is 27. The fraction of sp³-hybridized carbons (Fsp3) is 0.378. The zero-order valence-electron chi connectivity index (χ0n) is 71.8. The molecule has 0 bridgehead atoms. The highest BCUT2D eigenvalue weighted by Crippen LogP contribution is 2.27. The van der Waals surface area contributed by atoms with E-state index in [1.54, 1.807) is 22.6 Å². The summed E-state index contributed by atoms with van der Waals surface area (Å²) in [6.45, 7) is 13.8. The van der Waals surface area contributed by atoms with E-state index in [1.165, 1.54) is 13.0 Å². The Morgan fingerprint density at radius 2 is 0.619 bits per heavy atom. The maximum atomic E-state index is 8.99. The Kier molecular flexibility index (Phi) is 38.4. The van der Waals surface area contributed by atoms with Gasteiger partial charge in [-0.1, -0.05) is 36.4 Å². The van der Waals surface area contributed by atoms with Crippen LogP contribution in [0.1, 0.15) is 26.2 Å². The zero-order valence-corrected chi connectivity index (χ0v) is 71.8. The van der Waals surface area contributed by atoms with Crippen molar-refractivity contribution in [2.24, 2.45) is 7.05 Å². The third-order valence-corrected chi connectivity index (χ3v) is 18.0. The summed E-state index contributed by atoms with van der Waals surface area (Å²) in [5.74, 6) is 4.59. The van der Waals surface area contributed by atoms with Gasteiger partial charge in [0.05, 0.1) is 197 Å². The van der Waals surface area contributed by atoms with Crippen LogP contribution in [0.5, 0.6) is 0 Å². The summed E-state index contributed by atoms with van der Waals surface area (Å²) in [5.41, 5.74) is 46.2. The van der Waals surface area contributed by atoms with Crippen molar-refractivity contribution >= 4 is 96.3 Å². The smallest absolute Gasteiger partial charge is 0.268 e. The van der Waals surface area contributed by atoms with Gasteiger partial charge in [0.25, 0.3) is 5.82 Å². The number of anilines is 11. The average Bonchev–Trinajstić information content (AvgIpc) is 1.76. The number of imidazole rings is 1. The van der Waals surface area contributed by atoms with Gasteiger partial charge in [0.2, 0.25) is 6.33 Å². The first-order chi connectivity index (χ1) is 50.7. The van der Waals surface area contributed by atoms with E-state index in [-0.39, 0.29) is 51.2 Å². The monoisotopic (exact) mass is 1560 g/mol. The van der Waals surface area contributed by atoms with Crippen molar-refractivity contribution in [1.29, 1.82) is 0 Å². The lowest BCUT2D eigenvalue weighted by Crippen LogP contribution is -2.45. The number of hydrogen-bond acceptors (Lipinski definition) is 18. The molecule has 0 saturated heterocycles. The number of fused-ring (bicyclic) bond motifs is 6. The third kappa shape index (κ3) is 28.9. The summed E-state index contributed by atoms with van der Waals surface area (Å²) < 4.78 is 19.3. The van der Waals surface area contributed by atoms with Crippen LogP contribution in [-0.2, 0) is 7.05 Å². The number of nitrogens with zero attached hydrogens (tertiary/aromatic N) is 19. The van der Waals surface area contributed by atoms with Gasteiger partial charge in [-0.05, 0) is 92.6 Å². The molecule has 0 aliphatic heterocycles. The molecule has 0 atom stereocenters. The second kappa shape index (κ2) is 44.2. The summed E-state index contributed by atoms with van der Waals surface area (Å²) in [5, 5.41) is 52.0. The average molecular weight is 1560 g/mol. The molecular formula is C82H140N30O. The van der Waals surface area contributed by atoms with Crippen LogP contribution in [0, 0.1) is 44.6 Å². The van der Waals surface area contributed by atoms with Gasteiger partial charge in [0.15, 0.2) is 29.1 Å². The molecule has 13 aromatic heterocycles. The highest BCUT2D eigenvalue weighted by Gasteiger charge is 2.20. The van der Waals surface area contributed by atoms with Gasteiger partial charge in [-0.25, -0.2) is 31.7 Å². The molecule has 18 N–H and O–H groups in total. The molecule has 0 fully saturated rings. The van der Waals surface area contributed by atoms with Crippen molar-refractivity contribution in [3.63, 3.8) is 0 Å². The first-order valence-electron chi connectivity index (χ1n) is 36.5. The molecule has 0 aromatic carbocycles. The largest absolute Gasteiger partial charge is 0.394 e. The van der Waals surface area contributed by atoms with Crippen molar-refractivity contribution in [2.75, 3.05) is 238 Å². The lowest BCUT2D eigenvalue weighted by Gasteiger charge is -2.28. The molecule has 624 valence electrons. The van der Waals surface area contributed by atoms with Crippen molar-refractivity contribution in [3.8, 4) is 5.82 Å². The Morgan fingerprint density at radius 3 is 0.903 bits per heavy atom. The molecule has 13 aromatic rings. The maximum absolute atomic E-state index is 8.99. The number of aromatic nitrogens is 14. The molecule has 0 unspecified atom stereocenters. The fourth-order valence-corrected chi connectivity index (χ4v) is 11.2. The minimum Gasteiger partial charge on any atom is -0.394 e. The van der Waals surface area contributed by atoms with Crippen molar-refractivity contribution in [3.05, 3.63) is 210 Å². The standard InChI is InChI=1S/C14H24N5.C13H22N5O.2C13H22N5.C12H20N5.C11H12N5.6CH3/c1-19(2,3)11-7-5-9-16-14-13(15)12-8-4-6-10-18(12)17-14;1-18(2,9-10-19)8-6-15-13-12(14)11-5-3-4-7-17(11)16-13;1-18(2,3)10-6-8-15-13-12(14)11-7-4-5-9-17(11)16-13;1-4-18(2,3)10-8-15-13-12(14)11-7-5-6-9-17(11)16-13;1-17(2,3)9-7-14-12-11(13)10-6-4-5-8-16(10)15-12;1-14-6-7-15(8-14)11-10(12)9-4-2-3-5-16(9)13-11;;;;;;/h4,6,8,10H,5,7,9,11,15H2,1-3H3,(H,16,17);3-5,7,19H,6,8-10,14H2,1-2H3,(H,15,16);4-5,7,9H,6,8,10,14H2,1-3H3,(H,15,16);5-7,9H,4,8,10,14H2,1-3H3,(H,15,16);4-6,8H,7,9,13H2,1-3H3,(H,14,15);2-8H,12H2,1H3;6*1H3/q6*+1;6*-1. The van der Waals surface area contributed by atoms with E-state index >= 15 is 0 Å². The van der Waals surface area contributed by atoms with Crippen molar-refractivity contribution in [1.82, 2.24) is 62.3 Å². The lowest BCUT2D eigenvalue weighted by molar-refractivity contribution is -0.888. The molecule has 0 saturated carbocycles. The van der Waals surface area contributed by atoms with Crippen molar-refractivity contribution < 1.29 is 32.1 Å². The van der Waals surface area contributed by atoms with E-state index in [9.17, 15) is 0 Å². The Hall–Kier alpha value is -11.1. The Bertz CT molecular complexity index is 4870. The molecule has 31 nitrogen and oxygen atoms in total. The predicted octanol–water partition coefficient (Wildman–Crippen LogP) is 9.33. The van der Waals surface area contributed by atoms with Crippen LogP contribution in [0.25, 0.3) is 38.9 Å². The first kappa shape index (κ1) is 98.0. The normalized spacial score (nSPS) is 11.2. The number of aliphatic hydroxyl groups is 1. The Balaban J connectivity index is 0.000000455. The highest BCUT2D eigenvalue weighted by molar-refractivity contribution is 5.84. The zero-order chi connectivity index (χ0) is 77.7. The summed E-state index contributed by atoms with van der Waals surface area (Å²) in [6.07, 6.45) is 20.6. The highest BCUT2D eigenvalue weighted by atomic mass is 16.3. The molecule has 13 heterocycles. The minimum atomic E-state index is 0. The lowest BCUT2D eigenvalue weighted by atomic mass is 10.3. The summed E-state index contributed by atoms with van der Waals surface area (Å²) in [6, 6.07) is 35.2. The predicted molar refractivity (Wildman–Crippen MR) is 478 cm³/mol. The van der Waals surface area contributed by atoms with Gasteiger partial charge in [-0.2, -0.15) is 4.57 Å². The summed E-state index contributed by atoms with van der Waals surface area (Å²) >= 11 is 0. The second-order valence-electron chi connectivity index (χ2n) is 31.0. The molecule has 13 rings (SSSR count). The third-order valence-electron chi connectivity index (χ3n) is 18.0. The van der Waals surface area contributed by atoms with E-state index in [0.717, 1.165) is 192 Å². The van der Waals surface area contributed by atoms with Crippen LogP contribution < -0.4 is 65.6 Å². The molecule has 113 heavy (non-hydrogen) atoms. The van der Waals surface area contributed by atoms with Crippen LogP contribution in [-0.4, -0.2) is 267 Å². The molecular weight excluding hydrogens is 1420 g/mol. The molecule has 0 aliphatic carbocycles. The topological polar surface area (TPSA) is 349 Å². The quantitative estimate of drug-likeness (QED) is 0.00987. The van der Waals surface area contributed by atoms with E-state index in [0.29, 0.717) is 17.1 Å². The van der Waals surface area contributed by atoms with Gasteiger partial charge in [0.1, 0.15) is 53.1 Å². The van der Waals surface area contributed by atoms with Crippen LogP contribution in [0.15, 0.2) is 165 Å². The van der Waals surface area contributed by atoms with Gasteiger partial charge >= 0.3 is 0 Å². The number of nitrogens with two attached hydrogens (primary N) is 6. The van der Waals surface area contributed by atoms with E-state index in [4.69, 9.17) is 39.5 Å². The van der Waals surface area contributed by atoms with E-state index in [2.05, 4.69) is 156 Å². The molecule has 0 spiro atoms. The summed E-state index contributed by atoms with van der Waals surface area (Å²) in [7, 11) is 30.3. The number of quaternary nitrogens is 5. The van der Waals surface area contributed by atoms with Crippen molar-refractivity contribution in [2.45, 2.75) is 26.2 Å². The first-order valence-corrected chi connectivity index (χ1v) is 36.5. The SMILES string of the molecule is CC[N+](C)(C)CCNc1nn2ccccc2c1N.C[N+](C)(C)CCCCNc1nn2ccccc2c1N.C[N+](C)(C)CCCNc1nn2ccccc2c1N.C[N+](C)(C)CCNc1nn2ccccc2c1N.C[N+](C)(CCO)CCNc1nn2ccccc2c1N.C[n+]1ccn(-c2nn3ccccc3c2N)c1.[CH3-].[CH3-].[CH3-].[CH3-].[CH3-].[CH3-]. The molecule has 0 amide bonds. The second-order valence-corrected chi connectivity index (χ2v) is 31.0. The van der Waals surface area contributed by atoms with E-state index in [1.807, 2.05) is 186 Å². The minimum absolute atomic E-state index is 0. The van der Waals surface area contributed by atoms with Gasteiger partial charge in [-0.15, -0.1) is 30.6 Å². The fourth-order valence-electron chi connectivity index (χ4n) is 11.2. The van der Waals surface area contributed by atoms with E-state index < -0.39 is 0 Å². The van der Waals surface area contributed by atoms with Crippen LogP contribution in [0.4, 0.5) is 63.2 Å². The Labute approximate surface area is 673 Å². The van der Waals surface area contributed by atoms with Gasteiger partial charge in [0, 0.05) is 56.7 Å². The molecule has 0 radical (unpaired) electrons. The van der Waals surface area contributed by atoms with Gasteiger partial charge in [-0.3, -0.25) is 0 Å².